The molecule has 0 radical (unpaired) electrons. The summed E-state index contributed by atoms with van der Waals surface area (Å²) in [5, 5.41) is 0. The fourth-order valence-electron chi connectivity index (χ4n) is 4.15. The second-order valence-corrected chi connectivity index (χ2v) is 8.16. The minimum Gasteiger partial charge on any atom is -0.325 e. The largest absolute Gasteiger partial charge is 0.325 e. The van der Waals surface area contributed by atoms with Gasteiger partial charge < -0.3 is 8.97 Å². The van der Waals surface area contributed by atoms with Crippen molar-refractivity contribution >= 4 is 21.6 Å². The standard InChI is InChI=1S/C23H21BrN2/c1-16-5-7-17(8-6-16)21-14-25-15-22(18-9-11-19(24)12-10-18)26-13-3-2-4-20(21)23(25)26/h5-12,14-15H,2-4,13H2,1H3. The molecule has 1 aliphatic rings. The second-order valence-electron chi connectivity index (χ2n) is 7.25. The van der Waals surface area contributed by atoms with Gasteiger partial charge in [-0.25, -0.2) is 0 Å². The van der Waals surface area contributed by atoms with E-state index in [4.69, 9.17) is 0 Å². The van der Waals surface area contributed by atoms with Crippen LogP contribution in [0.4, 0.5) is 0 Å². The van der Waals surface area contributed by atoms with Crippen LogP contribution in [-0.4, -0.2) is 8.97 Å². The van der Waals surface area contributed by atoms with Gasteiger partial charge >= 0.3 is 0 Å². The average molecular weight is 405 g/mol. The molecule has 0 unspecified atom stereocenters. The normalized spacial score (nSPS) is 13.9. The monoisotopic (exact) mass is 404 g/mol. The molecule has 2 aromatic heterocycles. The average Bonchev–Trinajstić information content (AvgIpc) is 3.07. The van der Waals surface area contributed by atoms with Gasteiger partial charge in [-0.1, -0.05) is 57.9 Å². The van der Waals surface area contributed by atoms with Crippen LogP contribution in [0.2, 0.25) is 0 Å². The fourth-order valence-corrected chi connectivity index (χ4v) is 4.41. The molecule has 2 nitrogen and oxygen atoms in total. The van der Waals surface area contributed by atoms with Gasteiger partial charge in [0.15, 0.2) is 0 Å². The van der Waals surface area contributed by atoms with Crippen LogP contribution in [0.5, 0.6) is 0 Å². The molecule has 0 spiro atoms. The van der Waals surface area contributed by atoms with Gasteiger partial charge in [-0.3, -0.25) is 0 Å². The van der Waals surface area contributed by atoms with Crippen molar-refractivity contribution in [2.45, 2.75) is 32.7 Å². The molecular weight excluding hydrogens is 384 g/mol. The van der Waals surface area contributed by atoms with E-state index in [-0.39, 0.29) is 0 Å². The highest BCUT2D eigenvalue weighted by atomic mass is 79.9. The van der Waals surface area contributed by atoms with Crippen LogP contribution >= 0.6 is 15.9 Å². The molecule has 0 N–H and O–H groups in total. The lowest BCUT2D eigenvalue weighted by molar-refractivity contribution is 0.647. The summed E-state index contributed by atoms with van der Waals surface area (Å²) in [5.41, 5.74) is 9.48. The quantitative estimate of drug-likeness (QED) is 0.361. The molecule has 5 rings (SSSR count). The zero-order chi connectivity index (χ0) is 17.7. The molecule has 4 aromatic rings. The van der Waals surface area contributed by atoms with Crippen LogP contribution in [0, 0.1) is 6.92 Å². The van der Waals surface area contributed by atoms with Gasteiger partial charge in [0.05, 0.1) is 5.69 Å². The van der Waals surface area contributed by atoms with Gasteiger partial charge in [-0.15, -0.1) is 0 Å². The predicted molar refractivity (Wildman–Crippen MR) is 112 cm³/mol. The molecule has 3 heterocycles. The Morgan fingerprint density at radius 2 is 1.58 bits per heavy atom. The number of halogens is 1. The molecule has 26 heavy (non-hydrogen) atoms. The first-order valence-corrected chi connectivity index (χ1v) is 10.1. The first kappa shape index (κ1) is 16.0. The summed E-state index contributed by atoms with van der Waals surface area (Å²) < 4.78 is 5.98. The summed E-state index contributed by atoms with van der Waals surface area (Å²) in [4.78, 5) is 0. The third-order valence-corrected chi connectivity index (χ3v) is 6.01. The minimum atomic E-state index is 1.09. The number of benzene rings is 2. The van der Waals surface area contributed by atoms with E-state index in [2.05, 4.69) is 92.7 Å². The lowest BCUT2D eigenvalue weighted by atomic mass is 10.00. The lowest BCUT2D eigenvalue weighted by Crippen LogP contribution is -1.98. The Labute approximate surface area is 162 Å². The van der Waals surface area contributed by atoms with Crippen LogP contribution in [0.1, 0.15) is 24.0 Å². The Balaban J connectivity index is 1.72. The van der Waals surface area contributed by atoms with E-state index in [0.717, 1.165) is 17.4 Å². The van der Waals surface area contributed by atoms with Crippen molar-refractivity contribution in [2.24, 2.45) is 0 Å². The van der Waals surface area contributed by atoms with Crippen LogP contribution in [0.3, 0.4) is 0 Å². The first-order chi connectivity index (χ1) is 12.7. The van der Waals surface area contributed by atoms with Crippen molar-refractivity contribution in [2.75, 3.05) is 0 Å². The number of hydrogen-bond donors (Lipinski definition) is 0. The van der Waals surface area contributed by atoms with Gasteiger partial charge in [0, 0.05) is 34.5 Å². The molecule has 1 aliphatic heterocycles. The predicted octanol–water partition coefficient (Wildman–Crippen LogP) is 6.48. The lowest BCUT2D eigenvalue weighted by Gasteiger charge is -2.08. The van der Waals surface area contributed by atoms with Gasteiger partial charge in [-0.05, 0) is 49.4 Å². The number of rotatable bonds is 2. The Bertz CT molecular complexity index is 997. The highest BCUT2D eigenvalue weighted by Crippen LogP contribution is 2.36. The summed E-state index contributed by atoms with van der Waals surface area (Å²) in [6.07, 6.45) is 8.25. The van der Waals surface area contributed by atoms with E-state index in [9.17, 15) is 0 Å². The van der Waals surface area contributed by atoms with Crippen molar-refractivity contribution in [3.8, 4) is 22.4 Å². The van der Waals surface area contributed by atoms with Gasteiger partial charge in [0.1, 0.15) is 5.65 Å². The number of imidazole rings is 1. The Hall–Kier alpha value is -2.26. The minimum absolute atomic E-state index is 1.09. The SMILES string of the molecule is Cc1ccc(-c2cn3cc(-c4ccc(Br)cc4)n4c3c2CCCC4)cc1. The van der Waals surface area contributed by atoms with Crippen molar-refractivity contribution in [1.82, 2.24) is 8.97 Å². The summed E-state index contributed by atoms with van der Waals surface area (Å²) in [5.74, 6) is 0. The maximum Gasteiger partial charge on any atom is 0.121 e. The molecular formula is C23H21BrN2. The first-order valence-electron chi connectivity index (χ1n) is 9.27. The third-order valence-electron chi connectivity index (χ3n) is 5.48. The van der Waals surface area contributed by atoms with Crippen LogP contribution in [0.15, 0.2) is 65.4 Å². The topological polar surface area (TPSA) is 9.34 Å². The summed E-state index contributed by atoms with van der Waals surface area (Å²) in [7, 11) is 0. The summed E-state index contributed by atoms with van der Waals surface area (Å²) in [6.45, 7) is 3.24. The van der Waals surface area contributed by atoms with E-state index >= 15 is 0 Å². The van der Waals surface area contributed by atoms with Crippen LogP contribution < -0.4 is 0 Å². The highest BCUT2D eigenvalue weighted by molar-refractivity contribution is 9.10. The molecule has 0 amide bonds. The van der Waals surface area contributed by atoms with Gasteiger partial charge in [0.25, 0.3) is 0 Å². The maximum atomic E-state index is 3.54. The molecule has 130 valence electrons. The van der Waals surface area contributed by atoms with E-state index in [1.807, 2.05) is 0 Å². The molecule has 3 heteroatoms. The number of aryl methyl sites for hydroxylation is 3. The third kappa shape index (κ3) is 2.53. The molecule has 0 atom stereocenters. The van der Waals surface area contributed by atoms with E-state index in [0.29, 0.717) is 0 Å². The van der Waals surface area contributed by atoms with E-state index in [1.54, 1.807) is 0 Å². The van der Waals surface area contributed by atoms with Crippen molar-refractivity contribution in [3.05, 3.63) is 76.5 Å². The smallest absolute Gasteiger partial charge is 0.121 e. The van der Waals surface area contributed by atoms with Crippen molar-refractivity contribution in [3.63, 3.8) is 0 Å². The van der Waals surface area contributed by atoms with Gasteiger partial charge in [0.2, 0.25) is 0 Å². The zero-order valence-corrected chi connectivity index (χ0v) is 16.5. The molecule has 0 saturated heterocycles. The number of aromatic nitrogens is 2. The fraction of sp³-hybridized carbons (Fsp3) is 0.217. The molecule has 2 aromatic carbocycles. The molecule has 0 saturated carbocycles. The van der Waals surface area contributed by atoms with Crippen LogP contribution in [0.25, 0.3) is 28.0 Å². The Kier molecular flexibility index (Phi) is 3.79. The molecule has 0 bridgehead atoms. The van der Waals surface area contributed by atoms with E-state index in [1.165, 1.54) is 52.0 Å². The molecule has 0 fully saturated rings. The second kappa shape index (κ2) is 6.17. The van der Waals surface area contributed by atoms with E-state index < -0.39 is 0 Å². The number of nitrogens with zero attached hydrogens (tertiary/aromatic N) is 2. The summed E-state index contributed by atoms with van der Waals surface area (Å²) in [6, 6.07) is 17.6. The van der Waals surface area contributed by atoms with Crippen LogP contribution in [-0.2, 0) is 13.0 Å². The number of hydrogen-bond acceptors (Lipinski definition) is 0. The zero-order valence-electron chi connectivity index (χ0n) is 14.9. The van der Waals surface area contributed by atoms with Crippen molar-refractivity contribution < 1.29 is 0 Å². The van der Waals surface area contributed by atoms with Gasteiger partial charge in [-0.2, -0.15) is 0 Å². The van der Waals surface area contributed by atoms with Crippen molar-refractivity contribution in [1.29, 1.82) is 0 Å². The Morgan fingerprint density at radius 3 is 2.35 bits per heavy atom. The Morgan fingerprint density at radius 1 is 0.846 bits per heavy atom. The summed E-state index contributed by atoms with van der Waals surface area (Å²) >= 11 is 3.54. The molecule has 0 aliphatic carbocycles. The highest BCUT2D eigenvalue weighted by Gasteiger charge is 2.21. The maximum absolute atomic E-state index is 3.54.